The van der Waals surface area contributed by atoms with Crippen LogP contribution in [-0.4, -0.2) is 22.4 Å². The fourth-order valence-corrected chi connectivity index (χ4v) is 4.54. The van der Waals surface area contributed by atoms with Gasteiger partial charge in [0.05, 0.1) is 22.9 Å². The van der Waals surface area contributed by atoms with Gasteiger partial charge < -0.3 is 4.90 Å². The van der Waals surface area contributed by atoms with Crippen LogP contribution in [0.3, 0.4) is 0 Å². The number of alkyl halides is 1. The topological polar surface area (TPSA) is 50.8 Å². The molecule has 0 spiro atoms. The minimum Gasteiger partial charge on any atom is -0.303 e. The van der Waals surface area contributed by atoms with Crippen molar-refractivity contribution >= 4 is 11.6 Å². The van der Waals surface area contributed by atoms with Gasteiger partial charge in [-0.25, -0.2) is 0 Å². The van der Waals surface area contributed by atoms with Gasteiger partial charge in [-0.2, -0.15) is 10.5 Å². The molecule has 1 aliphatic carbocycles. The predicted molar refractivity (Wildman–Crippen MR) is 59.3 cm³/mol. The van der Waals surface area contributed by atoms with Crippen molar-refractivity contribution in [2.75, 3.05) is 0 Å². The number of rotatable bonds is 1. The van der Waals surface area contributed by atoms with Gasteiger partial charge in [0.15, 0.2) is 6.19 Å². The van der Waals surface area contributed by atoms with Crippen LogP contribution in [0.15, 0.2) is 0 Å². The monoisotopic (exact) mass is 235 g/mol. The molecule has 0 aromatic carbocycles. The Kier molecular flexibility index (Phi) is 2.10. The summed E-state index contributed by atoms with van der Waals surface area (Å²) >= 11 is 6.48. The van der Waals surface area contributed by atoms with Gasteiger partial charge in [0.2, 0.25) is 0 Å². The second kappa shape index (κ2) is 3.28. The molecule has 3 fully saturated rings. The first-order valence-electron chi connectivity index (χ1n) is 5.97. The molecule has 2 saturated heterocycles. The molecule has 3 aliphatic rings. The van der Waals surface area contributed by atoms with Crippen molar-refractivity contribution in [1.82, 2.24) is 4.90 Å². The SMILES string of the molecule is N#CN1[C@@H]2CC[C@H]1C(Cl)[C@@H]2C1(C#N)CCC1. The summed E-state index contributed by atoms with van der Waals surface area (Å²) in [4.78, 5) is 1.86. The van der Waals surface area contributed by atoms with E-state index in [1.807, 2.05) is 4.90 Å². The maximum Gasteiger partial charge on any atom is 0.179 e. The summed E-state index contributed by atoms with van der Waals surface area (Å²) in [5.74, 6) is 0.214. The van der Waals surface area contributed by atoms with Crippen LogP contribution in [0.1, 0.15) is 32.1 Å². The standard InChI is InChI=1S/C12H14ClN3/c13-11-9-3-2-8(16(9)7-15)10(11)12(6-14)4-1-5-12/h8-11H,1-5H2/t8-,9+,10-,11?/m1/s1. The summed E-state index contributed by atoms with van der Waals surface area (Å²) in [5, 5.41) is 18.5. The normalized spacial score (nSPS) is 43.6. The van der Waals surface area contributed by atoms with Crippen LogP contribution in [0.2, 0.25) is 0 Å². The van der Waals surface area contributed by atoms with Crippen LogP contribution in [-0.2, 0) is 0 Å². The summed E-state index contributed by atoms with van der Waals surface area (Å²) in [7, 11) is 0. The number of fused-ring (bicyclic) bond motifs is 2. The van der Waals surface area contributed by atoms with Crippen LogP contribution < -0.4 is 0 Å². The Balaban J connectivity index is 1.94. The molecular weight excluding hydrogens is 222 g/mol. The quantitative estimate of drug-likeness (QED) is 0.517. The first-order chi connectivity index (χ1) is 7.73. The van der Waals surface area contributed by atoms with E-state index in [1.165, 1.54) is 0 Å². The van der Waals surface area contributed by atoms with Crippen LogP contribution in [0, 0.1) is 34.1 Å². The molecular formula is C12H14ClN3. The van der Waals surface area contributed by atoms with Gasteiger partial charge in [0, 0.05) is 12.0 Å². The Labute approximate surface area is 101 Å². The summed E-state index contributed by atoms with van der Waals surface area (Å²) in [6, 6.07) is 2.92. The molecule has 0 radical (unpaired) electrons. The molecule has 0 aromatic rings. The van der Waals surface area contributed by atoms with Crippen molar-refractivity contribution in [1.29, 1.82) is 10.5 Å². The molecule has 3 rings (SSSR count). The Morgan fingerprint density at radius 2 is 1.88 bits per heavy atom. The average Bonchev–Trinajstić information content (AvgIpc) is 2.74. The predicted octanol–water partition coefficient (Wildman–Crippen LogP) is 2.23. The van der Waals surface area contributed by atoms with Gasteiger partial charge in [0.25, 0.3) is 0 Å². The Morgan fingerprint density at radius 1 is 1.19 bits per heavy atom. The summed E-state index contributed by atoms with van der Waals surface area (Å²) in [5.41, 5.74) is -0.221. The second-order valence-electron chi connectivity index (χ2n) is 5.31. The molecule has 1 unspecified atom stereocenters. The van der Waals surface area contributed by atoms with E-state index in [2.05, 4.69) is 12.3 Å². The molecule has 0 N–H and O–H groups in total. The highest BCUT2D eigenvalue weighted by atomic mass is 35.5. The summed E-state index contributed by atoms with van der Waals surface area (Å²) in [6.45, 7) is 0. The van der Waals surface area contributed by atoms with Crippen LogP contribution >= 0.6 is 11.6 Å². The number of hydrogen-bond acceptors (Lipinski definition) is 3. The molecule has 2 heterocycles. The fourth-order valence-electron chi connectivity index (χ4n) is 3.88. The van der Waals surface area contributed by atoms with Crippen molar-refractivity contribution in [2.24, 2.45) is 11.3 Å². The van der Waals surface area contributed by atoms with Crippen molar-refractivity contribution in [2.45, 2.75) is 49.6 Å². The first-order valence-corrected chi connectivity index (χ1v) is 6.40. The minimum absolute atomic E-state index is 0.00153. The van der Waals surface area contributed by atoms with Crippen LogP contribution in [0.4, 0.5) is 0 Å². The van der Waals surface area contributed by atoms with Gasteiger partial charge >= 0.3 is 0 Å². The molecule has 4 heteroatoms. The highest BCUT2D eigenvalue weighted by molar-refractivity contribution is 6.21. The van der Waals surface area contributed by atoms with Crippen molar-refractivity contribution in [3.05, 3.63) is 0 Å². The van der Waals surface area contributed by atoms with E-state index in [9.17, 15) is 5.26 Å². The third kappa shape index (κ3) is 1.03. The number of nitriles is 2. The molecule has 2 aliphatic heterocycles. The van der Waals surface area contributed by atoms with Gasteiger partial charge in [-0.3, -0.25) is 0 Å². The van der Waals surface area contributed by atoms with E-state index in [-0.39, 0.29) is 28.8 Å². The molecule has 2 bridgehead atoms. The number of hydrogen-bond donors (Lipinski definition) is 0. The molecule has 3 nitrogen and oxygen atoms in total. The highest BCUT2D eigenvalue weighted by Gasteiger charge is 2.61. The van der Waals surface area contributed by atoms with Crippen molar-refractivity contribution in [3.63, 3.8) is 0 Å². The molecule has 0 amide bonds. The lowest BCUT2D eigenvalue weighted by Crippen LogP contribution is -2.46. The second-order valence-corrected chi connectivity index (χ2v) is 5.81. The number of nitrogens with zero attached hydrogens (tertiary/aromatic N) is 3. The van der Waals surface area contributed by atoms with E-state index in [1.54, 1.807) is 0 Å². The molecule has 1 saturated carbocycles. The smallest absolute Gasteiger partial charge is 0.179 e. The third-order valence-corrected chi connectivity index (χ3v) is 5.38. The Morgan fingerprint density at radius 3 is 2.31 bits per heavy atom. The molecule has 84 valence electrons. The lowest BCUT2D eigenvalue weighted by Gasteiger charge is -2.44. The molecule has 4 atom stereocenters. The minimum atomic E-state index is -0.221. The van der Waals surface area contributed by atoms with E-state index in [4.69, 9.17) is 16.9 Å². The van der Waals surface area contributed by atoms with Crippen LogP contribution in [0.25, 0.3) is 0 Å². The fraction of sp³-hybridized carbons (Fsp3) is 0.833. The Bertz CT molecular complexity index is 390. The van der Waals surface area contributed by atoms with E-state index >= 15 is 0 Å². The zero-order valence-corrected chi connectivity index (χ0v) is 9.82. The lowest BCUT2D eigenvalue weighted by molar-refractivity contribution is 0.0913. The maximum atomic E-state index is 9.39. The average molecular weight is 236 g/mol. The number of halogens is 1. The van der Waals surface area contributed by atoms with Crippen molar-refractivity contribution in [3.8, 4) is 12.3 Å². The van der Waals surface area contributed by atoms with Crippen LogP contribution in [0.5, 0.6) is 0 Å². The maximum absolute atomic E-state index is 9.39. The highest BCUT2D eigenvalue weighted by Crippen LogP contribution is 2.58. The van der Waals surface area contributed by atoms with Gasteiger partial charge in [-0.1, -0.05) is 6.42 Å². The lowest BCUT2D eigenvalue weighted by atomic mass is 9.58. The zero-order chi connectivity index (χ0) is 11.3. The summed E-state index contributed by atoms with van der Waals surface area (Å²) in [6.07, 6.45) is 7.41. The van der Waals surface area contributed by atoms with Crippen molar-refractivity contribution < 1.29 is 0 Å². The first kappa shape index (κ1) is 10.2. The Hall–Kier alpha value is -0.930. The van der Waals surface area contributed by atoms with Gasteiger partial charge in [-0.15, -0.1) is 11.6 Å². The zero-order valence-electron chi connectivity index (χ0n) is 9.06. The van der Waals surface area contributed by atoms with E-state index in [0.717, 1.165) is 32.1 Å². The summed E-state index contributed by atoms with van der Waals surface area (Å²) < 4.78 is 0. The van der Waals surface area contributed by atoms with E-state index in [0.29, 0.717) is 0 Å². The third-order valence-electron chi connectivity index (χ3n) is 4.82. The van der Waals surface area contributed by atoms with Gasteiger partial charge in [0.1, 0.15) is 0 Å². The molecule has 16 heavy (non-hydrogen) atoms. The molecule has 0 aromatic heterocycles. The largest absolute Gasteiger partial charge is 0.303 e. The van der Waals surface area contributed by atoms with Gasteiger partial charge in [-0.05, 0) is 25.7 Å². The van der Waals surface area contributed by atoms with E-state index < -0.39 is 0 Å².